The van der Waals surface area contributed by atoms with Gasteiger partial charge >= 0.3 is 5.97 Å². The van der Waals surface area contributed by atoms with Gasteiger partial charge in [0.25, 0.3) is 0 Å². The van der Waals surface area contributed by atoms with Gasteiger partial charge < -0.3 is 14.5 Å². The molecule has 1 aromatic carbocycles. The van der Waals surface area contributed by atoms with Gasteiger partial charge in [0, 0.05) is 22.7 Å². The zero-order chi connectivity index (χ0) is 17.8. The third-order valence-corrected chi connectivity index (χ3v) is 4.47. The van der Waals surface area contributed by atoms with Gasteiger partial charge in [0.15, 0.2) is 5.78 Å². The Morgan fingerprint density at radius 1 is 1.28 bits per heavy atom. The third-order valence-electron chi connectivity index (χ3n) is 3.53. The maximum absolute atomic E-state index is 12.0. The summed E-state index contributed by atoms with van der Waals surface area (Å²) in [5.74, 6) is 0.120. The Bertz CT molecular complexity index is 913. The summed E-state index contributed by atoms with van der Waals surface area (Å²) in [7, 11) is 1.62. The summed E-state index contributed by atoms with van der Waals surface area (Å²) in [6.07, 6.45) is 1.49. The maximum Gasteiger partial charge on any atom is 0.355 e. The number of rotatable bonds is 6. The number of carbonyl (C=O) groups excluding carboxylic acids is 2. The van der Waals surface area contributed by atoms with Crippen LogP contribution in [0.15, 0.2) is 41.9 Å². The van der Waals surface area contributed by atoms with Gasteiger partial charge in [-0.1, -0.05) is 12.1 Å². The molecule has 0 aliphatic carbocycles. The number of ketones is 1. The average Bonchev–Trinajstić information content (AvgIpc) is 3.29. The van der Waals surface area contributed by atoms with Gasteiger partial charge in [-0.3, -0.25) is 4.79 Å². The molecule has 7 heteroatoms. The lowest BCUT2D eigenvalue weighted by Gasteiger charge is -2.02. The van der Waals surface area contributed by atoms with E-state index in [0.717, 1.165) is 16.3 Å². The highest BCUT2D eigenvalue weighted by atomic mass is 32.1. The normalized spacial score (nSPS) is 10.5. The molecule has 128 valence electrons. The summed E-state index contributed by atoms with van der Waals surface area (Å²) in [4.78, 5) is 30.5. The molecule has 6 nitrogen and oxygen atoms in total. The van der Waals surface area contributed by atoms with E-state index >= 15 is 0 Å². The lowest BCUT2D eigenvalue weighted by atomic mass is 10.2. The number of hydrogen-bond acceptors (Lipinski definition) is 6. The van der Waals surface area contributed by atoms with Crippen molar-refractivity contribution in [2.75, 3.05) is 7.11 Å². The van der Waals surface area contributed by atoms with Crippen molar-refractivity contribution in [1.29, 1.82) is 0 Å². The molecule has 0 aliphatic heterocycles. The summed E-state index contributed by atoms with van der Waals surface area (Å²) >= 11 is 1.47. The molecule has 0 saturated carbocycles. The molecular formula is C18H16N2O4S. The number of methoxy groups -OCH3 is 1. The van der Waals surface area contributed by atoms with Gasteiger partial charge in [-0.2, -0.15) is 0 Å². The summed E-state index contributed by atoms with van der Waals surface area (Å²) in [5, 5.41) is 2.67. The largest absolute Gasteiger partial charge is 0.497 e. The lowest BCUT2D eigenvalue weighted by Crippen LogP contribution is -2.05. The van der Waals surface area contributed by atoms with E-state index in [4.69, 9.17) is 9.47 Å². The fourth-order valence-electron chi connectivity index (χ4n) is 2.19. The number of aromatic amines is 1. The number of carbonyl (C=O) groups is 2. The number of esters is 1. The van der Waals surface area contributed by atoms with Crippen molar-refractivity contribution in [1.82, 2.24) is 9.97 Å². The summed E-state index contributed by atoms with van der Waals surface area (Å²) in [6, 6.07) is 9.09. The molecule has 0 spiro atoms. The Kier molecular flexibility index (Phi) is 4.95. The number of ether oxygens (including phenoxy) is 2. The molecule has 0 fully saturated rings. The number of nitrogens with one attached hydrogen (secondary N) is 1. The van der Waals surface area contributed by atoms with Crippen LogP contribution in [0.5, 0.6) is 5.75 Å². The van der Waals surface area contributed by atoms with Crippen molar-refractivity contribution in [2.45, 2.75) is 13.5 Å². The van der Waals surface area contributed by atoms with Crippen LogP contribution >= 0.6 is 11.3 Å². The Morgan fingerprint density at radius 2 is 2.12 bits per heavy atom. The molecule has 25 heavy (non-hydrogen) atoms. The van der Waals surface area contributed by atoms with Crippen molar-refractivity contribution in [3.05, 3.63) is 58.9 Å². The first kappa shape index (κ1) is 16.9. The molecule has 0 aliphatic rings. The monoisotopic (exact) mass is 356 g/mol. The zero-order valence-electron chi connectivity index (χ0n) is 13.7. The number of H-pyrrole nitrogens is 1. The summed E-state index contributed by atoms with van der Waals surface area (Å²) in [5.41, 5.74) is 2.29. The Hall–Kier alpha value is -2.93. The molecule has 3 aromatic rings. The highest BCUT2D eigenvalue weighted by Crippen LogP contribution is 2.27. The number of aromatic nitrogens is 2. The minimum Gasteiger partial charge on any atom is -0.497 e. The minimum absolute atomic E-state index is 0.0632. The second-order valence-electron chi connectivity index (χ2n) is 5.31. The molecule has 0 atom stereocenters. The summed E-state index contributed by atoms with van der Waals surface area (Å²) < 4.78 is 10.4. The van der Waals surface area contributed by atoms with Gasteiger partial charge in [0.1, 0.15) is 23.1 Å². The fraction of sp³-hybridized carbons (Fsp3) is 0.167. The van der Waals surface area contributed by atoms with E-state index in [-0.39, 0.29) is 18.1 Å². The Morgan fingerprint density at radius 3 is 2.84 bits per heavy atom. The van der Waals surface area contributed by atoms with E-state index < -0.39 is 5.97 Å². The fourth-order valence-corrected chi connectivity index (χ4v) is 3.00. The van der Waals surface area contributed by atoms with Gasteiger partial charge in [-0.25, -0.2) is 9.78 Å². The summed E-state index contributed by atoms with van der Waals surface area (Å²) in [6.45, 7) is 1.50. The molecule has 3 rings (SSSR count). The number of nitrogens with zero attached hydrogens (tertiary/aromatic N) is 1. The molecule has 0 saturated heterocycles. The third kappa shape index (κ3) is 3.95. The first-order chi connectivity index (χ1) is 12.1. The first-order valence-corrected chi connectivity index (χ1v) is 8.40. The minimum atomic E-state index is -0.525. The maximum atomic E-state index is 12.0. The molecule has 0 bridgehead atoms. The van der Waals surface area contributed by atoms with Gasteiger partial charge in [0.2, 0.25) is 0 Å². The van der Waals surface area contributed by atoms with Crippen molar-refractivity contribution < 1.29 is 19.1 Å². The van der Waals surface area contributed by atoms with Crippen molar-refractivity contribution >= 4 is 23.1 Å². The van der Waals surface area contributed by atoms with Crippen LogP contribution < -0.4 is 4.74 Å². The van der Waals surface area contributed by atoms with Crippen molar-refractivity contribution in [3.63, 3.8) is 0 Å². The Labute approximate surface area is 148 Å². The zero-order valence-corrected chi connectivity index (χ0v) is 14.6. The second-order valence-corrected chi connectivity index (χ2v) is 6.17. The van der Waals surface area contributed by atoms with E-state index in [2.05, 4.69) is 9.97 Å². The quantitative estimate of drug-likeness (QED) is 0.538. The lowest BCUT2D eigenvalue weighted by molar-refractivity contribution is 0.0462. The topological polar surface area (TPSA) is 81.3 Å². The van der Waals surface area contributed by atoms with Gasteiger partial charge in [0.05, 0.1) is 12.8 Å². The number of thiazole rings is 1. The predicted molar refractivity (Wildman–Crippen MR) is 94.0 cm³/mol. The number of hydrogen-bond donors (Lipinski definition) is 1. The van der Waals surface area contributed by atoms with Crippen LogP contribution in [0.1, 0.15) is 33.5 Å². The number of Topliss-reactive ketones (excluding diaryl/α,β-unsaturated/α-hetero) is 1. The highest BCUT2D eigenvalue weighted by molar-refractivity contribution is 7.13. The molecule has 2 heterocycles. The van der Waals surface area contributed by atoms with Crippen LogP contribution in [-0.2, 0) is 11.3 Å². The van der Waals surface area contributed by atoms with Gasteiger partial charge in [-0.05, 0) is 25.1 Å². The second kappa shape index (κ2) is 7.31. The van der Waals surface area contributed by atoms with Crippen molar-refractivity contribution in [3.8, 4) is 16.3 Å². The van der Waals surface area contributed by atoms with Crippen LogP contribution in [0.2, 0.25) is 0 Å². The van der Waals surface area contributed by atoms with E-state index in [0.29, 0.717) is 11.3 Å². The Balaban J connectivity index is 1.65. The van der Waals surface area contributed by atoms with Crippen LogP contribution in [-0.4, -0.2) is 28.8 Å². The smallest absolute Gasteiger partial charge is 0.355 e. The van der Waals surface area contributed by atoms with E-state index in [1.807, 2.05) is 29.6 Å². The molecule has 1 N–H and O–H groups in total. The standard InChI is InChI=1S/C18H16N2O4S/c1-11(21)13-7-16(19-8-13)18(22)24-9-14-10-25-17(20-14)12-4-3-5-15(6-12)23-2/h3-8,10,19H,9H2,1-2H3. The molecular weight excluding hydrogens is 340 g/mol. The molecule has 0 radical (unpaired) electrons. The van der Waals surface area contributed by atoms with Crippen molar-refractivity contribution in [2.24, 2.45) is 0 Å². The predicted octanol–water partition coefficient (Wildman–Crippen LogP) is 3.71. The van der Waals surface area contributed by atoms with Crippen LogP contribution in [0.25, 0.3) is 10.6 Å². The molecule has 2 aromatic heterocycles. The molecule has 0 unspecified atom stereocenters. The van der Waals surface area contributed by atoms with E-state index in [9.17, 15) is 9.59 Å². The van der Waals surface area contributed by atoms with Crippen LogP contribution in [0.3, 0.4) is 0 Å². The van der Waals surface area contributed by atoms with Crippen LogP contribution in [0, 0.1) is 0 Å². The SMILES string of the molecule is COc1cccc(-c2nc(COC(=O)c3cc(C(C)=O)c[nH]3)cs2)c1. The number of benzene rings is 1. The van der Waals surface area contributed by atoms with Gasteiger partial charge in [-0.15, -0.1) is 11.3 Å². The average molecular weight is 356 g/mol. The van der Waals surface area contributed by atoms with Crippen LogP contribution in [0.4, 0.5) is 0 Å². The highest BCUT2D eigenvalue weighted by Gasteiger charge is 2.13. The van der Waals surface area contributed by atoms with E-state index in [1.54, 1.807) is 7.11 Å². The molecule has 0 amide bonds. The first-order valence-electron chi connectivity index (χ1n) is 7.52. The van der Waals surface area contributed by atoms with E-state index in [1.165, 1.54) is 30.5 Å².